The van der Waals surface area contributed by atoms with Gasteiger partial charge in [-0.1, -0.05) is 30.7 Å². The lowest BCUT2D eigenvalue weighted by Gasteiger charge is -2.33. The van der Waals surface area contributed by atoms with E-state index in [0.29, 0.717) is 41.8 Å². The number of urea groups is 1. The molecule has 5 rings (SSSR count). The van der Waals surface area contributed by atoms with Crippen molar-refractivity contribution in [1.82, 2.24) is 15.1 Å². The highest BCUT2D eigenvalue weighted by molar-refractivity contribution is 6.01. The van der Waals surface area contributed by atoms with Crippen LogP contribution < -0.4 is 5.32 Å². The monoisotopic (exact) mass is 381 g/mol. The average molecular weight is 381 g/mol. The van der Waals surface area contributed by atoms with Gasteiger partial charge in [0.05, 0.1) is 23.9 Å². The summed E-state index contributed by atoms with van der Waals surface area (Å²) in [6, 6.07) is 5.52. The van der Waals surface area contributed by atoms with Gasteiger partial charge in [-0.25, -0.2) is 9.18 Å². The van der Waals surface area contributed by atoms with Gasteiger partial charge in [0, 0.05) is 18.2 Å². The van der Waals surface area contributed by atoms with E-state index in [0.717, 1.165) is 6.42 Å². The lowest BCUT2D eigenvalue weighted by atomic mass is 9.93. The van der Waals surface area contributed by atoms with Crippen LogP contribution in [0, 0.1) is 17.7 Å². The van der Waals surface area contributed by atoms with Crippen LogP contribution in [0.2, 0.25) is 0 Å². The smallest absolute Gasteiger partial charge is 0.322 e. The van der Waals surface area contributed by atoms with Crippen LogP contribution in [0.25, 0.3) is 0 Å². The first-order valence-corrected chi connectivity index (χ1v) is 10.1. The maximum Gasteiger partial charge on any atom is 0.322 e. The van der Waals surface area contributed by atoms with Crippen LogP contribution in [0.15, 0.2) is 48.2 Å². The molecule has 28 heavy (non-hydrogen) atoms. The van der Waals surface area contributed by atoms with Crippen LogP contribution >= 0.6 is 0 Å². The van der Waals surface area contributed by atoms with Crippen LogP contribution in [0.1, 0.15) is 37.3 Å². The minimum atomic E-state index is -0.749. The predicted octanol–water partition coefficient (Wildman–Crippen LogP) is 3.36. The van der Waals surface area contributed by atoms with Crippen molar-refractivity contribution >= 4 is 11.9 Å². The molecular formula is C22H24FN3O2. The van der Waals surface area contributed by atoms with Gasteiger partial charge in [-0.15, -0.1) is 6.58 Å². The van der Waals surface area contributed by atoms with Gasteiger partial charge >= 0.3 is 6.03 Å². The van der Waals surface area contributed by atoms with E-state index >= 15 is 0 Å². The highest BCUT2D eigenvalue weighted by Crippen LogP contribution is 2.49. The van der Waals surface area contributed by atoms with E-state index in [9.17, 15) is 14.0 Å². The Morgan fingerprint density at radius 3 is 2.71 bits per heavy atom. The zero-order valence-corrected chi connectivity index (χ0v) is 15.7. The van der Waals surface area contributed by atoms with Crippen molar-refractivity contribution in [3.8, 4) is 0 Å². The van der Waals surface area contributed by atoms with Crippen molar-refractivity contribution in [2.75, 3.05) is 13.1 Å². The Morgan fingerprint density at radius 1 is 1.21 bits per heavy atom. The zero-order valence-electron chi connectivity index (χ0n) is 15.7. The summed E-state index contributed by atoms with van der Waals surface area (Å²) in [5.74, 6) is 0.795. The summed E-state index contributed by atoms with van der Waals surface area (Å²) in [6.45, 7) is 4.49. The molecule has 0 aromatic heterocycles. The van der Waals surface area contributed by atoms with Gasteiger partial charge in [-0.3, -0.25) is 9.69 Å². The number of hydrogen-bond acceptors (Lipinski definition) is 2. The first-order valence-electron chi connectivity index (χ1n) is 10.1. The van der Waals surface area contributed by atoms with Crippen molar-refractivity contribution in [2.24, 2.45) is 11.8 Å². The van der Waals surface area contributed by atoms with E-state index in [-0.39, 0.29) is 18.0 Å². The Hall–Kier alpha value is -2.63. The third-order valence-corrected chi connectivity index (χ3v) is 6.88. The summed E-state index contributed by atoms with van der Waals surface area (Å²) in [5, 5.41) is 2.85. The number of hydrogen-bond donors (Lipinski definition) is 1. The van der Waals surface area contributed by atoms with E-state index < -0.39 is 11.9 Å². The maximum atomic E-state index is 14.5. The number of rotatable bonds is 4. The number of amides is 3. The summed E-state index contributed by atoms with van der Waals surface area (Å²) in [7, 11) is 0. The first kappa shape index (κ1) is 17.5. The fourth-order valence-corrected chi connectivity index (χ4v) is 5.64. The topological polar surface area (TPSA) is 52.7 Å². The molecule has 3 amide bonds. The maximum absolute atomic E-state index is 14.5. The number of nitrogens with one attached hydrogen (secondary N) is 1. The molecule has 5 nitrogen and oxygen atoms in total. The molecule has 1 aromatic carbocycles. The van der Waals surface area contributed by atoms with Crippen LogP contribution in [-0.2, 0) is 4.79 Å². The Morgan fingerprint density at radius 2 is 2.04 bits per heavy atom. The number of carbonyl (C=O) groups is 2. The Labute approximate surface area is 163 Å². The minimum absolute atomic E-state index is 0.0603. The van der Waals surface area contributed by atoms with Crippen molar-refractivity contribution in [3.05, 3.63) is 59.6 Å². The van der Waals surface area contributed by atoms with Gasteiger partial charge in [0.1, 0.15) is 5.82 Å². The van der Waals surface area contributed by atoms with Crippen LogP contribution in [0.4, 0.5) is 9.18 Å². The number of carbonyl (C=O) groups excluding carboxylic acids is 2. The molecule has 4 unspecified atom stereocenters. The molecule has 2 fully saturated rings. The van der Waals surface area contributed by atoms with Crippen molar-refractivity contribution in [3.63, 3.8) is 0 Å². The third kappa shape index (κ3) is 2.50. The summed E-state index contributed by atoms with van der Waals surface area (Å²) < 4.78 is 14.5. The van der Waals surface area contributed by atoms with Crippen molar-refractivity contribution in [1.29, 1.82) is 0 Å². The molecular weight excluding hydrogens is 357 g/mol. The Bertz CT molecular complexity index is 896. The Kier molecular flexibility index (Phi) is 4.03. The van der Waals surface area contributed by atoms with Gasteiger partial charge in [-0.2, -0.15) is 0 Å². The molecule has 2 bridgehead atoms. The number of benzene rings is 1. The first-order chi connectivity index (χ1) is 13.6. The van der Waals surface area contributed by atoms with E-state index in [1.54, 1.807) is 29.2 Å². The molecule has 6 heteroatoms. The molecule has 1 aromatic rings. The fourth-order valence-electron chi connectivity index (χ4n) is 5.64. The van der Waals surface area contributed by atoms with Crippen LogP contribution in [0.3, 0.4) is 0 Å². The summed E-state index contributed by atoms with van der Waals surface area (Å²) >= 11 is 0. The van der Waals surface area contributed by atoms with E-state index in [1.807, 2.05) is 4.90 Å². The second kappa shape index (κ2) is 6.47. The minimum Gasteiger partial charge on any atom is -0.330 e. The van der Waals surface area contributed by atoms with Crippen LogP contribution in [0.5, 0.6) is 0 Å². The molecule has 0 spiro atoms. The summed E-state index contributed by atoms with van der Waals surface area (Å²) in [6.07, 6.45) is 6.33. The van der Waals surface area contributed by atoms with Gasteiger partial charge in [0.15, 0.2) is 0 Å². The van der Waals surface area contributed by atoms with Crippen molar-refractivity contribution < 1.29 is 14.0 Å². The molecule has 2 aliphatic carbocycles. The Balaban J connectivity index is 1.55. The van der Waals surface area contributed by atoms with Gasteiger partial charge < -0.3 is 10.2 Å². The quantitative estimate of drug-likeness (QED) is 0.813. The lowest BCUT2D eigenvalue weighted by molar-refractivity contribution is -0.128. The predicted molar refractivity (Wildman–Crippen MR) is 103 cm³/mol. The summed E-state index contributed by atoms with van der Waals surface area (Å²) in [4.78, 5) is 29.8. The normalized spacial score (nSPS) is 31.5. The second-order valence-corrected chi connectivity index (χ2v) is 8.34. The second-order valence-electron chi connectivity index (χ2n) is 8.34. The molecule has 2 saturated carbocycles. The van der Waals surface area contributed by atoms with E-state index in [2.05, 4.69) is 11.9 Å². The zero-order chi connectivity index (χ0) is 19.4. The third-order valence-electron chi connectivity index (χ3n) is 6.88. The molecule has 2 aliphatic heterocycles. The highest BCUT2D eigenvalue weighted by atomic mass is 19.1. The van der Waals surface area contributed by atoms with Gasteiger partial charge in [-0.05, 0) is 37.2 Å². The lowest BCUT2D eigenvalue weighted by Crippen LogP contribution is -2.47. The number of fused-ring (bicyclic) bond motifs is 2. The highest BCUT2D eigenvalue weighted by Gasteiger charge is 2.50. The van der Waals surface area contributed by atoms with Gasteiger partial charge in [0.25, 0.3) is 5.91 Å². The largest absolute Gasteiger partial charge is 0.330 e. The van der Waals surface area contributed by atoms with Gasteiger partial charge in [0.2, 0.25) is 0 Å². The number of halogens is 1. The molecule has 0 radical (unpaired) electrons. The molecule has 1 N–H and O–H groups in total. The summed E-state index contributed by atoms with van der Waals surface area (Å²) in [5.41, 5.74) is 1.55. The molecule has 0 saturated heterocycles. The number of nitrogens with zero attached hydrogens (tertiary/aromatic N) is 2. The van der Waals surface area contributed by atoms with E-state index in [4.69, 9.17) is 0 Å². The molecule has 2 heterocycles. The average Bonchev–Trinajstić information content (AvgIpc) is 3.39. The standard InChI is InChI=1S/C22H24FN3O2/c1-2-9-25-18-12-26(17-11-13-7-8-14(17)10-13)21(27)19(18)20(24-22(25)28)15-5-3-4-6-16(15)23/h2-6,13-14,17,20H,1,7-12H2,(H,24,28). The SMILES string of the molecule is C=CCN1C(=O)NC(c2ccccc2F)C2=C1CN(C1CC3CCC1C3)C2=O. The van der Waals surface area contributed by atoms with E-state index in [1.165, 1.54) is 25.3 Å². The van der Waals surface area contributed by atoms with Crippen LogP contribution in [-0.4, -0.2) is 40.9 Å². The fraction of sp³-hybridized carbons (Fsp3) is 0.455. The molecule has 4 atom stereocenters. The molecule has 4 aliphatic rings. The molecule has 146 valence electrons. The van der Waals surface area contributed by atoms with Crippen molar-refractivity contribution in [2.45, 2.75) is 37.8 Å².